The Balaban J connectivity index is 1.76. The van der Waals surface area contributed by atoms with E-state index in [-0.39, 0.29) is 0 Å². The maximum atomic E-state index is 5.83. The van der Waals surface area contributed by atoms with Crippen LogP contribution in [0.5, 0.6) is 0 Å². The quantitative estimate of drug-likeness (QED) is 0.895. The van der Waals surface area contributed by atoms with E-state index in [0.717, 1.165) is 49.6 Å². The van der Waals surface area contributed by atoms with E-state index in [1.807, 2.05) is 24.3 Å². The molecular formula is C15H21N3O. The van der Waals surface area contributed by atoms with Crippen LogP contribution >= 0.6 is 0 Å². The molecule has 1 N–H and O–H groups in total. The summed E-state index contributed by atoms with van der Waals surface area (Å²) >= 11 is 0. The minimum absolute atomic E-state index is 0.620. The van der Waals surface area contributed by atoms with Gasteiger partial charge in [0.05, 0.1) is 6.54 Å². The van der Waals surface area contributed by atoms with Crippen LogP contribution in [0.2, 0.25) is 0 Å². The fourth-order valence-corrected chi connectivity index (χ4v) is 2.79. The van der Waals surface area contributed by atoms with Gasteiger partial charge in [-0.15, -0.1) is 0 Å². The molecule has 0 aliphatic carbocycles. The summed E-state index contributed by atoms with van der Waals surface area (Å²) < 4.78 is 5.83. The molecule has 4 heteroatoms. The molecule has 1 unspecified atom stereocenters. The molecule has 1 aromatic heterocycles. The van der Waals surface area contributed by atoms with E-state index in [2.05, 4.69) is 22.1 Å². The van der Waals surface area contributed by atoms with Crippen LogP contribution in [0.4, 0.5) is 0 Å². The van der Waals surface area contributed by atoms with E-state index in [1.54, 1.807) is 0 Å². The Hall–Kier alpha value is -1.39. The van der Waals surface area contributed by atoms with Crippen LogP contribution < -0.4 is 5.32 Å². The van der Waals surface area contributed by atoms with Crippen molar-refractivity contribution < 1.29 is 4.42 Å². The third-order valence-corrected chi connectivity index (χ3v) is 3.74. The molecule has 1 aliphatic rings. The van der Waals surface area contributed by atoms with Crippen molar-refractivity contribution in [3.63, 3.8) is 0 Å². The Labute approximate surface area is 113 Å². The Morgan fingerprint density at radius 3 is 3.05 bits per heavy atom. The number of nitrogens with one attached hydrogen (secondary N) is 1. The Bertz CT molecular complexity index is 498. The van der Waals surface area contributed by atoms with Crippen molar-refractivity contribution in [2.24, 2.45) is 0 Å². The van der Waals surface area contributed by atoms with Crippen LogP contribution in [0.1, 0.15) is 25.7 Å². The molecule has 0 bridgehead atoms. The minimum Gasteiger partial charge on any atom is -0.439 e. The summed E-state index contributed by atoms with van der Waals surface area (Å²) in [6, 6.07) is 8.59. The van der Waals surface area contributed by atoms with E-state index in [9.17, 15) is 0 Å². The van der Waals surface area contributed by atoms with E-state index in [0.29, 0.717) is 6.04 Å². The van der Waals surface area contributed by atoms with Crippen molar-refractivity contribution in [3.05, 3.63) is 30.2 Å². The fourth-order valence-electron chi connectivity index (χ4n) is 2.79. The number of hydrogen-bond acceptors (Lipinski definition) is 4. The van der Waals surface area contributed by atoms with Crippen molar-refractivity contribution in [1.82, 2.24) is 15.2 Å². The van der Waals surface area contributed by atoms with Crippen LogP contribution in [-0.2, 0) is 6.54 Å². The van der Waals surface area contributed by atoms with E-state index >= 15 is 0 Å². The highest BCUT2D eigenvalue weighted by Gasteiger charge is 2.23. The number of oxazole rings is 1. The summed E-state index contributed by atoms with van der Waals surface area (Å²) in [6.45, 7) is 6.35. The summed E-state index contributed by atoms with van der Waals surface area (Å²) in [5, 5.41) is 3.43. The second-order valence-electron chi connectivity index (χ2n) is 5.19. The van der Waals surface area contributed by atoms with Gasteiger partial charge in [-0.2, -0.15) is 0 Å². The number of benzene rings is 1. The molecule has 2 heterocycles. The number of hydrogen-bond donors (Lipinski definition) is 1. The lowest BCUT2D eigenvalue weighted by molar-refractivity contribution is 0.183. The maximum absolute atomic E-state index is 5.83. The highest BCUT2D eigenvalue weighted by atomic mass is 16.3. The Kier molecular flexibility index (Phi) is 3.80. The number of rotatable bonds is 5. The number of fused-ring (bicyclic) bond motifs is 1. The van der Waals surface area contributed by atoms with Crippen molar-refractivity contribution >= 4 is 11.1 Å². The van der Waals surface area contributed by atoms with Gasteiger partial charge in [0, 0.05) is 12.6 Å². The van der Waals surface area contributed by atoms with Crippen LogP contribution in [-0.4, -0.2) is 35.6 Å². The molecule has 1 fully saturated rings. The van der Waals surface area contributed by atoms with Gasteiger partial charge in [0.2, 0.25) is 5.89 Å². The lowest BCUT2D eigenvalue weighted by Gasteiger charge is -2.26. The van der Waals surface area contributed by atoms with Crippen LogP contribution in [0.3, 0.4) is 0 Å². The highest BCUT2D eigenvalue weighted by molar-refractivity contribution is 5.72. The first-order valence-electron chi connectivity index (χ1n) is 7.16. The zero-order valence-electron chi connectivity index (χ0n) is 11.4. The largest absolute Gasteiger partial charge is 0.439 e. The summed E-state index contributed by atoms with van der Waals surface area (Å²) in [5.41, 5.74) is 1.84. The molecule has 2 aromatic rings. The molecule has 4 nitrogen and oxygen atoms in total. The van der Waals surface area contributed by atoms with Gasteiger partial charge in [-0.25, -0.2) is 4.98 Å². The molecule has 1 aromatic carbocycles. The second kappa shape index (κ2) is 5.72. The predicted molar refractivity (Wildman–Crippen MR) is 76.0 cm³/mol. The second-order valence-corrected chi connectivity index (χ2v) is 5.19. The summed E-state index contributed by atoms with van der Waals surface area (Å²) in [5.74, 6) is 0.835. The van der Waals surface area contributed by atoms with Gasteiger partial charge < -0.3 is 9.73 Å². The van der Waals surface area contributed by atoms with Gasteiger partial charge in [-0.3, -0.25) is 4.90 Å². The molecule has 1 aliphatic heterocycles. The van der Waals surface area contributed by atoms with Gasteiger partial charge >= 0.3 is 0 Å². The first kappa shape index (κ1) is 12.6. The zero-order chi connectivity index (χ0) is 13.1. The van der Waals surface area contributed by atoms with Crippen LogP contribution in [0, 0.1) is 0 Å². The van der Waals surface area contributed by atoms with Crippen molar-refractivity contribution in [1.29, 1.82) is 0 Å². The summed E-state index contributed by atoms with van der Waals surface area (Å²) in [4.78, 5) is 7.07. The zero-order valence-corrected chi connectivity index (χ0v) is 11.4. The van der Waals surface area contributed by atoms with Crippen molar-refractivity contribution in [2.75, 3.05) is 19.6 Å². The smallest absolute Gasteiger partial charge is 0.209 e. The molecule has 0 amide bonds. The molecule has 0 radical (unpaired) electrons. The van der Waals surface area contributed by atoms with Crippen molar-refractivity contribution in [3.8, 4) is 0 Å². The SMILES string of the molecule is CCCN(Cc1nc2ccccc2o1)C1CCNC1. The molecule has 1 saturated heterocycles. The molecule has 19 heavy (non-hydrogen) atoms. The third kappa shape index (κ3) is 2.80. The Morgan fingerprint density at radius 1 is 1.42 bits per heavy atom. The number of nitrogens with zero attached hydrogens (tertiary/aromatic N) is 2. The predicted octanol–water partition coefficient (Wildman–Crippen LogP) is 2.40. The molecule has 1 atom stereocenters. The van der Waals surface area contributed by atoms with Gasteiger partial charge in [0.25, 0.3) is 0 Å². The Morgan fingerprint density at radius 2 is 2.32 bits per heavy atom. The van der Waals surface area contributed by atoms with Gasteiger partial charge in [-0.05, 0) is 38.1 Å². The number of aromatic nitrogens is 1. The average molecular weight is 259 g/mol. The standard InChI is InChI=1S/C15H21N3O/c1-2-9-18(12-7-8-16-10-12)11-15-17-13-5-3-4-6-14(13)19-15/h3-6,12,16H,2,7-11H2,1H3. The van der Waals surface area contributed by atoms with Gasteiger partial charge in [0.1, 0.15) is 5.52 Å². The molecule has 102 valence electrons. The monoisotopic (exact) mass is 259 g/mol. The van der Waals surface area contributed by atoms with Gasteiger partial charge in [-0.1, -0.05) is 19.1 Å². The lowest BCUT2D eigenvalue weighted by Crippen LogP contribution is -2.37. The first-order chi connectivity index (χ1) is 9.36. The van der Waals surface area contributed by atoms with Gasteiger partial charge in [0.15, 0.2) is 5.58 Å². The third-order valence-electron chi connectivity index (χ3n) is 3.74. The summed E-state index contributed by atoms with van der Waals surface area (Å²) in [6.07, 6.45) is 2.39. The van der Waals surface area contributed by atoms with Crippen LogP contribution in [0.25, 0.3) is 11.1 Å². The first-order valence-corrected chi connectivity index (χ1v) is 7.16. The maximum Gasteiger partial charge on any atom is 0.209 e. The molecule has 0 spiro atoms. The van der Waals surface area contributed by atoms with E-state index in [4.69, 9.17) is 4.42 Å². The molecule has 0 saturated carbocycles. The normalized spacial score (nSPS) is 19.6. The minimum atomic E-state index is 0.620. The highest BCUT2D eigenvalue weighted by Crippen LogP contribution is 2.18. The average Bonchev–Trinajstić information content (AvgIpc) is 3.07. The van der Waals surface area contributed by atoms with Crippen molar-refractivity contribution in [2.45, 2.75) is 32.4 Å². The van der Waals surface area contributed by atoms with E-state index in [1.165, 1.54) is 6.42 Å². The fraction of sp³-hybridized carbons (Fsp3) is 0.533. The topological polar surface area (TPSA) is 41.3 Å². The lowest BCUT2D eigenvalue weighted by atomic mass is 10.2. The molecular weight excluding hydrogens is 238 g/mol. The molecule has 3 rings (SSSR count). The number of para-hydroxylation sites is 2. The van der Waals surface area contributed by atoms with Crippen LogP contribution in [0.15, 0.2) is 28.7 Å². The van der Waals surface area contributed by atoms with E-state index < -0.39 is 0 Å². The summed E-state index contributed by atoms with van der Waals surface area (Å²) in [7, 11) is 0.